The molecule has 146 valence electrons. The number of carbonyl (C=O) groups excluding carboxylic acids is 1. The lowest BCUT2D eigenvalue weighted by Crippen LogP contribution is -2.41. The number of fused-ring (bicyclic) bond motifs is 3. The van der Waals surface area contributed by atoms with E-state index in [0.29, 0.717) is 18.8 Å². The van der Waals surface area contributed by atoms with Crippen molar-refractivity contribution in [1.29, 1.82) is 0 Å². The van der Waals surface area contributed by atoms with Gasteiger partial charge in [-0.05, 0) is 50.3 Å². The Morgan fingerprint density at radius 2 is 2.04 bits per heavy atom. The smallest absolute Gasteiger partial charge is 0.326 e. The van der Waals surface area contributed by atoms with Gasteiger partial charge in [0.1, 0.15) is 6.04 Å². The van der Waals surface area contributed by atoms with Gasteiger partial charge in [-0.15, -0.1) is 0 Å². The van der Waals surface area contributed by atoms with Gasteiger partial charge in [-0.25, -0.2) is 14.3 Å². The first kappa shape index (κ1) is 18.4. The zero-order chi connectivity index (χ0) is 19.8. The SMILES string of the molecule is Cc1nc2c3ccccc3nn2c(C)c1CCC(=O)NC(CC1CC1)C(=O)O. The number of aromatic nitrogens is 3. The van der Waals surface area contributed by atoms with Crippen LogP contribution in [-0.2, 0) is 16.0 Å². The predicted octanol–water partition coefficient (Wildman–Crippen LogP) is 2.80. The van der Waals surface area contributed by atoms with Crippen LogP contribution >= 0.6 is 0 Å². The highest BCUT2D eigenvalue weighted by atomic mass is 16.4. The topological polar surface area (TPSA) is 96.6 Å². The number of rotatable bonds is 7. The second-order valence-electron chi connectivity index (χ2n) is 7.65. The van der Waals surface area contributed by atoms with Crippen LogP contribution in [-0.4, -0.2) is 37.6 Å². The van der Waals surface area contributed by atoms with Gasteiger partial charge in [-0.3, -0.25) is 4.79 Å². The summed E-state index contributed by atoms with van der Waals surface area (Å²) < 4.78 is 1.83. The number of nitrogens with zero attached hydrogens (tertiary/aromatic N) is 3. The number of hydrogen-bond donors (Lipinski definition) is 2. The molecule has 3 aromatic rings. The molecule has 7 nitrogen and oxygen atoms in total. The summed E-state index contributed by atoms with van der Waals surface area (Å²) in [5.41, 5.74) is 4.51. The third kappa shape index (κ3) is 3.56. The molecule has 2 aromatic heterocycles. The van der Waals surface area contributed by atoms with Crippen molar-refractivity contribution in [3.8, 4) is 0 Å². The number of aryl methyl sites for hydroxylation is 2. The molecular formula is C21H24N4O3. The average molecular weight is 380 g/mol. The summed E-state index contributed by atoms with van der Waals surface area (Å²) in [6.45, 7) is 3.92. The van der Waals surface area contributed by atoms with Gasteiger partial charge in [-0.1, -0.05) is 25.0 Å². The van der Waals surface area contributed by atoms with Crippen molar-refractivity contribution in [3.05, 3.63) is 41.2 Å². The predicted molar refractivity (Wildman–Crippen MR) is 105 cm³/mol. The van der Waals surface area contributed by atoms with Gasteiger partial charge in [0.15, 0.2) is 5.65 Å². The fraction of sp³-hybridized carbons (Fsp3) is 0.429. The summed E-state index contributed by atoms with van der Waals surface area (Å²) in [5, 5.41) is 17.6. The second-order valence-corrected chi connectivity index (χ2v) is 7.65. The first-order valence-corrected chi connectivity index (χ1v) is 9.69. The van der Waals surface area contributed by atoms with E-state index >= 15 is 0 Å². The molecule has 2 N–H and O–H groups in total. The summed E-state index contributed by atoms with van der Waals surface area (Å²) >= 11 is 0. The molecule has 1 unspecified atom stereocenters. The maximum Gasteiger partial charge on any atom is 0.326 e. The van der Waals surface area contributed by atoms with Crippen LogP contribution in [0.5, 0.6) is 0 Å². The minimum atomic E-state index is -0.959. The molecule has 1 atom stereocenters. The van der Waals surface area contributed by atoms with Crippen molar-refractivity contribution in [2.45, 2.75) is 52.0 Å². The summed E-state index contributed by atoms with van der Waals surface area (Å²) in [4.78, 5) is 28.4. The molecular weight excluding hydrogens is 356 g/mol. The van der Waals surface area contributed by atoms with E-state index in [9.17, 15) is 14.7 Å². The van der Waals surface area contributed by atoms with Crippen LogP contribution in [0.1, 0.15) is 42.6 Å². The van der Waals surface area contributed by atoms with Gasteiger partial charge < -0.3 is 10.4 Å². The van der Waals surface area contributed by atoms with E-state index in [1.807, 2.05) is 42.6 Å². The molecule has 28 heavy (non-hydrogen) atoms. The Labute approximate surface area is 162 Å². The van der Waals surface area contributed by atoms with E-state index in [2.05, 4.69) is 10.4 Å². The molecule has 0 saturated heterocycles. The van der Waals surface area contributed by atoms with E-state index in [0.717, 1.165) is 46.3 Å². The number of carbonyl (C=O) groups is 2. The minimum absolute atomic E-state index is 0.226. The van der Waals surface area contributed by atoms with Gasteiger partial charge in [0.05, 0.1) is 5.52 Å². The van der Waals surface area contributed by atoms with Crippen LogP contribution in [0.2, 0.25) is 0 Å². The van der Waals surface area contributed by atoms with Crippen LogP contribution in [0.25, 0.3) is 16.6 Å². The van der Waals surface area contributed by atoms with Crippen LogP contribution in [0.15, 0.2) is 24.3 Å². The molecule has 2 heterocycles. The molecule has 1 aliphatic carbocycles. The highest BCUT2D eigenvalue weighted by molar-refractivity contribution is 5.92. The van der Waals surface area contributed by atoms with Crippen molar-refractivity contribution >= 4 is 28.4 Å². The molecule has 0 aliphatic heterocycles. The van der Waals surface area contributed by atoms with Gasteiger partial charge in [0.25, 0.3) is 0 Å². The van der Waals surface area contributed by atoms with Crippen LogP contribution in [0.4, 0.5) is 0 Å². The number of nitrogens with one attached hydrogen (secondary N) is 1. The van der Waals surface area contributed by atoms with Crippen molar-refractivity contribution in [2.75, 3.05) is 0 Å². The Morgan fingerprint density at radius 1 is 1.29 bits per heavy atom. The highest BCUT2D eigenvalue weighted by Gasteiger charge is 2.30. The first-order chi connectivity index (χ1) is 13.4. The molecule has 0 radical (unpaired) electrons. The molecule has 1 saturated carbocycles. The number of carboxylic acids is 1. The van der Waals surface area contributed by atoms with Crippen LogP contribution in [0.3, 0.4) is 0 Å². The van der Waals surface area contributed by atoms with Crippen LogP contribution in [0, 0.1) is 19.8 Å². The van der Waals surface area contributed by atoms with Gasteiger partial charge in [-0.2, -0.15) is 5.10 Å². The van der Waals surface area contributed by atoms with Crippen molar-refractivity contribution in [2.24, 2.45) is 5.92 Å². The summed E-state index contributed by atoms with van der Waals surface area (Å²) in [6, 6.07) is 7.08. The van der Waals surface area contributed by atoms with Crippen LogP contribution < -0.4 is 5.32 Å². The molecule has 1 fully saturated rings. The second kappa shape index (κ2) is 7.22. The zero-order valence-electron chi connectivity index (χ0n) is 16.1. The number of carboxylic acid groups (broad SMARTS) is 1. The number of hydrogen-bond acceptors (Lipinski definition) is 4. The molecule has 4 rings (SSSR count). The summed E-state index contributed by atoms with van der Waals surface area (Å²) in [7, 11) is 0. The Hall–Kier alpha value is -2.96. The van der Waals surface area contributed by atoms with E-state index in [1.165, 1.54) is 0 Å². The Morgan fingerprint density at radius 3 is 2.75 bits per heavy atom. The fourth-order valence-corrected chi connectivity index (χ4v) is 3.75. The monoisotopic (exact) mass is 380 g/mol. The molecule has 1 aromatic carbocycles. The molecule has 0 bridgehead atoms. The van der Waals surface area contributed by atoms with Crippen molar-refractivity contribution in [1.82, 2.24) is 19.9 Å². The maximum absolute atomic E-state index is 12.3. The van der Waals surface area contributed by atoms with Gasteiger partial charge in [0, 0.05) is 23.2 Å². The number of aliphatic carboxylic acids is 1. The molecule has 1 aliphatic rings. The maximum atomic E-state index is 12.3. The standard InChI is InChI=1S/C21H24N4O3/c1-12-15(9-10-19(26)23-18(21(27)28)11-14-7-8-14)13(2)25-20(22-12)16-5-3-4-6-17(16)24-25/h3-6,14,18H,7-11H2,1-2H3,(H,23,26)(H,27,28). The Bertz CT molecular complexity index is 1070. The largest absolute Gasteiger partial charge is 0.480 e. The lowest BCUT2D eigenvalue weighted by molar-refractivity contribution is -0.142. The lowest BCUT2D eigenvalue weighted by atomic mass is 10.1. The lowest BCUT2D eigenvalue weighted by Gasteiger charge is -2.15. The fourth-order valence-electron chi connectivity index (χ4n) is 3.75. The van der Waals surface area contributed by atoms with E-state index in [1.54, 1.807) is 0 Å². The third-order valence-electron chi connectivity index (χ3n) is 5.52. The number of amides is 1. The molecule has 7 heteroatoms. The Kier molecular flexibility index (Phi) is 4.75. The van der Waals surface area contributed by atoms with E-state index in [4.69, 9.17) is 4.98 Å². The normalized spacial score (nSPS) is 15.1. The van der Waals surface area contributed by atoms with Crippen molar-refractivity contribution < 1.29 is 14.7 Å². The highest BCUT2D eigenvalue weighted by Crippen LogP contribution is 2.33. The van der Waals surface area contributed by atoms with Gasteiger partial charge >= 0.3 is 5.97 Å². The molecule has 0 spiro atoms. The Balaban J connectivity index is 1.51. The van der Waals surface area contributed by atoms with Crippen molar-refractivity contribution in [3.63, 3.8) is 0 Å². The van der Waals surface area contributed by atoms with Gasteiger partial charge in [0.2, 0.25) is 5.91 Å². The summed E-state index contributed by atoms with van der Waals surface area (Å²) in [6.07, 6.45) is 3.36. The summed E-state index contributed by atoms with van der Waals surface area (Å²) in [5.74, 6) is -0.761. The zero-order valence-corrected chi connectivity index (χ0v) is 16.1. The number of benzene rings is 1. The first-order valence-electron chi connectivity index (χ1n) is 9.69. The quantitative estimate of drug-likeness (QED) is 0.657. The third-order valence-corrected chi connectivity index (χ3v) is 5.52. The van der Waals surface area contributed by atoms with E-state index in [-0.39, 0.29) is 12.3 Å². The minimum Gasteiger partial charge on any atom is -0.480 e. The van der Waals surface area contributed by atoms with E-state index < -0.39 is 12.0 Å². The average Bonchev–Trinajstić information content (AvgIpc) is 3.40. The molecule has 1 amide bonds.